The van der Waals surface area contributed by atoms with Crippen LogP contribution in [0.15, 0.2) is 59.5 Å². The standard InChI is InChI=1S/C23H24ClN3O4S.ClH/c1-30-21-18(15-10-12-27(13-11-15)23(25)26)14-16-6-2-3-7-17(16)22(21)31-32(28,29)20-9-5-4-8-19(20)24;/h2-9,14-15H,10-13H2,1H3,(H3,25,26);1H. The van der Waals surface area contributed by atoms with E-state index in [9.17, 15) is 8.42 Å². The predicted octanol–water partition coefficient (Wildman–Crippen LogP) is 4.76. The molecule has 3 aromatic rings. The van der Waals surface area contributed by atoms with E-state index >= 15 is 0 Å². The van der Waals surface area contributed by atoms with Gasteiger partial charge in [-0.15, -0.1) is 12.4 Å². The molecule has 0 radical (unpaired) electrons. The molecule has 33 heavy (non-hydrogen) atoms. The summed E-state index contributed by atoms with van der Waals surface area (Å²) in [4.78, 5) is 1.72. The number of halogens is 2. The maximum atomic E-state index is 13.1. The molecule has 0 atom stereocenters. The molecule has 7 nitrogen and oxygen atoms in total. The highest BCUT2D eigenvalue weighted by atomic mass is 35.5. The molecular weight excluding hydrogens is 485 g/mol. The third-order valence-electron chi connectivity index (χ3n) is 5.76. The summed E-state index contributed by atoms with van der Waals surface area (Å²) in [6.07, 6.45) is 1.51. The molecule has 3 N–H and O–H groups in total. The second-order valence-corrected chi connectivity index (χ2v) is 9.59. The Balaban J connectivity index is 0.00000306. The van der Waals surface area contributed by atoms with Crippen molar-refractivity contribution < 1.29 is 17.3 Å². The first-order valence-corrected chi connectivity index (χ1v) is 12.0. The van der Waals surface area contributed by atoms with E-state index in [1.807, 2.05) is 29.2 Å². The van der Waals surface area contributed by atoms with Crippen LogP contribution in [-0.2, 0) is 10.1 Å². The van der Waals surface area contributed by atoms with Crippen LogP contribution >= 0.6 is 24.0 Å². The van der Waals surface area contributed by atoms with Gasteiger partial charge in [0.1, 0.15) is 4.90 Å². The summed E-state index contributed by atoms with van der Waals surface area (Å²) in [6.45, 7) is 1.29. The molecule has 0 spiro atoms. The summed E-state index contributed by atoms with van der Waals surface area (Å²) in [7, 11) is -2.69. The second-order valence-electron chi connectivity index (χ2n) is 7.66. The fraction of sp³-hybridized carbons (Fsp3) is 0.261. The molecule has 3 aromatic carbocycles. The van der Waals surface area contributed by atoms with Crippen LogP contribution in [0, 0.1) is 5.41 Å². The number of hydrogen-bond donors (Lipinski definition) is 2. The molecule has 10 heteroatoms. The van der Waals surface area contributed by atoms with E-state index < -0.39 is 10.1 Å². The summed E-state index contributed by atoms with van der Waals surface area (Å²) in [5.74, 6) is 0.703. The third-order valence-corrected chi connectivity index (χ3v) is 7.49. The quantitative estimate of drug-likeness (QED) is 0.291. The van der Waals surface area contributed by atoms with E-state index in [1.54, 1.807) is 18.2 Å². The lowest BCUT2D eigenvalue weighted by molar-refractivity contribution is 0.302. The van der Waals surface area contributed by atoms with Gasteiger partial charge in [-0.1, -0.05) is 48.0 Å². The van der Waals surface area contributed by atoms with E-state index in [-0.39, 0.29) is 40.0 Å². The number of ether oxygens (including phenoxy) is 1. The number of nitrogens with one attached hydrogen (secondary N) is 1. The average Bonchev–Trinajstić information content (AvgIpc) is 2.79. The highest BCUT2D eigenvalue weighted by Gasteiger charge is 2.29. The van der Waals surface area contributed by atoms with Gasteiger partial charge in [0.15, 0.2) is 17.5 Å². The number of benzene rings is 3. The Morgan fingerprint density at radius 1 is 1.09 bits per heavy atom. The zero-order valence-electron chi connectivity index (χ0n) is 18.0. The topological polar surface area (TPSA) is 106 Å². The van der Waals surface area contributed by atoms with Crippen molar-refractivity contribution in [2.45, 2.75) is 23.7 Å². The van der Waals surface area contributed by atoms with Crippen molar-refractivity contribution in [1.82, 2.24) is 4.90 Å². The van der Waals surface area contributed by atoms with E-state index in [4.69, 9.17) is 31.7 Å². The van der Waals surface area contributed by atoms with Crippen molar-refractivity contribution in [3.63, 3.8) is 0 Å². The summed E-state index contributed by atoms with van der Waals surface area (Å²) in [5.41, 5.74) is 6.50. The molecule has 176 valence electrons. The van der Waals surface area contributed by atoms with E-state index in [0.717, 1.165) is 23.8 Å². The molecule has 1 fully saturated rings. The van der Waals surface area contributed by atoms with E-state index in [2.05, 4.69) is 0 Å². The number of guanidine groups is 1. The minimum absolute atomic E-state index is 0. The van der Waals surface area contributed by atoms with Gasteiger partial charge in [-0.2, -0.15) is 8.42 Å². The van der Waals surface area contributed by atoms with Crippen LogP contribution in [0.25, 0.3) is 10.8 Å². The first-order valence-electron chi connectivity index (χ1n) is 10.2. The molecule has 0 bridgehead atoms. The number of rotatable bonds is 5. The predicted molar refractivity (Wildman–Crippen MR) is 132 cm³/mol. The molecule has 1 aliphatic rings. The van der Waals surface area contributed by atoms with Gasteiger partial charge in [0.05, 0.1) is 12.1 Å². The molecule has 0 aliphatic carbocycles. The molecule has 0 saturated carbocycles. The number of hydrogen-bond acceptors (Lipinski definition) is 5. The lowest BCUT2D eigenvalue weighted by Gasteiger charge is -2.33. The highest BCUT2D eigenvalue weighted by molar-refractivity contribution is 7.87. The molecule has 0 aromatic heterocycles. The first kappa shape index (κ1) is 25.0. The second kappa shape index (κ2) is 10.1. The highest BCUT2D eigenvalue weighted by Crippen LogP contribution is 2.45. The van der Waals surface area contributed by atoms with Gasteiger partial charge in [-0.3, -0.25) is 5.41 Å². The molecule has 0 amide bonds. The van der Waals surface area contributed by atoms with Crippen LogP contribution in [0.5, 0.6) is 11.5 Å². The largest absolute Gasteiger partial charge is 0.492 e. The maximum absolute atomic E-state index is 13.1. The minimum Gasteiger partial charge on any atom is -0.492 e. The maximum Gasteiger partial charge on any atom is 0.340 e. The van der Waals surface area contributed by atoms with Crippen LogP contribution < -0.4 is 14.7 Å². The Kier molecular flexibility index (Phi) is 7.62. The van der Waals surface area contributed by atoms with Gasteiger partial charge in [-0.25, -0.2) is 0 Å². The summed E-state index contributed by atoms with van der Waals surface area (Å²) < 4.78 is 37.7. The smallest absolute Gasteiger partial charge is 0.340 e. The van der Waals surface area contributed by atoms with Gasteiger partial charge in [0.2, 0.25) is 0 Å². The number of nitrogens with two attached hydrogens (primary N) is 1. The van der Waals surface area contributed by atoms with Crippen LogP contribution in [0.1, 0.15) is 24.3 Å². The first-order chi connectivity index (χ1) is 15.3. The summed E-state index contributed by atoms with van der Waals surface area (Å²) >= 11 is 6.14. The number of nitrogens with zero attached hydrogens (tertiary/aromatic N) is 1. The molecule has 4 rings (SSSR count). The van der Waals surface area contributed by atoms with Crippen LogP contribution in [0.3, 0.4) is 0 Å². The Hall–Kier alpha value is -2.68. The summed E-state index contributed by atoms with van der Waals surface area (Å²) in [6, 6.07) is 15.6. The van der Waals surface area contributed by atoms with Gasteiger partial charge < -0.3 is 19.6 Å². The lowest BCUT2D eigenvalue weighted by Crippen LogP contribution is -2.41. The number of piperidine rings is 1. The van der Waals surface area contributed by atoms with Crippen molar-refractivity contribution in [3.8, 4) is 11.5 Å². The number of methoxy groups -OCH3 is 1. The Morgan fingerprint density at radius 3 is 2.36 bits per heavy atom. The van der Waals surface area contributed by atoms with Crippen LogP contribution in [0.2, 0.25) is 5.02 Å². The molecule has 0 unspecified atom stereocenters. The SMILES string of the molecule is COc1c(C2CCN(C(=N)N)CC2)cc2ccccc2c1OS(=O)(=O)c1ccccc1Cl.Cl. The Morgan fingerprint density at radius 2 is 1.73 bits per heavy atom. The van der Waals surface area contributed by atoms with Crippen molar-refractivity contribution in [3.05, 3.63) is 65.2 Å². The fourth-order valence-corrected chi connectivity index (χ4v) is 5.59. The molecular formula is C23H25Cl2N3O4S. The van der Waals surface area contributed by atoms with Crippen molar-refractivity contribution in [1.29, 1.82) is 5.41 Å². The zero-order valence-corrected chi connectivity index (χ0v) is 20.3. The van der Waals surface area contributed by atoms with Crippen LogP contribution in [0.4, 0.5) is 0 Å². The van der Waals surface area contributed by atoms with E-state index in [0.29, 0.717) is 24.2 Å². The molecule has 1 heterocycles. The Labute approximate surface area is 204 Å². The fourth-order valence-electron chi connectivity index (χ4n) is 4.15. The van der Waals surface area contributed by atoms with E-state index in [1.165, 1.54) is 19.2 Å². The summed E-state index contributed by atoms with van der Waals surface area (Å²) in [5, 5.41) is 9.22. The third kappa shape index (κ3) is 4.98. The van der Waals surface area contributed by atoms with Crippen LogP contribution in [-0.4, -0.2) is 39.5 Å². The van der Waals surface area contributed by atoms with Gasteiger partial charge in [-0.05, 0) is 42.3 Å². The molecule has 1 aliphatic heterocycles. The molecule has 1 saturated heterocycles. The van der Waals surface area contributed by atoms with Gasteiger partial charge in [0.25, 0.3) is 0 Å². The van der Waals surface area contributed by atoms with Gasteiger partial charge in [0, 0.05) is 24.0 Å². The normalized spacial score (nSPS) is 14.5. The Bertz CT molecular complexity index is 1280. The lowest BCUT2D eigenvalue weighted by atomic mass is 9.87. The van der Waals surface area contributed by atoms with Crippen molar-refractivity contribution in [2.24, 2.45) is 5.73 Å². The zero-order chi connectivity index (χ0) is 22.9. The minimum atomic E-state index is -4.20. The van der Waals surface area contributed by atoms with Crippen molar-refractivity contribution >= 4 is 50.9 Å². The number of fused-ring (bicyclic) bond motifs is 1. The van der Waals surface area contributed by atoms with Crippen molar-refractivity contribution in [2.75, 3.05) is 20.2 Å². The number of likely N-dealkylation sites (tertiary alicyclic amines) is 1. The average molecular weight is 510 g/mol. The monoisotopic (exact) mass is 509 g/mol. The van der Waals surface area contributed by atoms with Gasteiger partial charge >= 0.3 is 10.1 Å².